The summed E-state index contributed by atoms with van der Waals surface area (Å²) in [6, 6.07) is 9.81. The summed E-state index contributed by atoms with van der Waals surface area (Å²) in [7, 11) is 0. The molecule has 1 aliphatic rings. The van der Waals surface area contributed by atoms with Crippen LogP contribution in [0.4, 0.5) is 0 Å². The van der Waals surface area contributed by atoms with Gasteiger partial charge in [0.2, 0.25) is 0 Å². The lowest BCUT2D eigenvalue weighted by Crippen LogP contribution is -2.49. The first-order valence-corrected chi connectivity index (χ1v) is 10.4. The molecule has 0 unspecified atom stereocenters. The van der Waals surface area contributed by atoms with E-state index >= 15 is 0 Å². The van der Waals surface area contributed by atoms with Gasteiger partial charge in [-0.2, -0.15) is 0 Å². The number of benzene rings is 1. The maximum Gasteiger partial charge on any atom is 0.270 e. The molecular formula is C23H31N3O3. The van der Waals surface area contributed by atoms with Gasteiger partial charge in [0.25, 0.3) is 5.91 Å². The van der Waals surface area contributed by atoms with Gasteiger partial charge in [-0.05, 0) is 38.0 Å². The van der Waals surface area contributed by atoms with Crippen LogP contribution in [0.1, 0.15) is 52.4 Å². The van der Waals surface area contributed by atoms with Crippen molar-refractivity contribution in [1.29, 1.82) is 0 Å². The summed E-state index contributed by atoms with van der Waals surface area (Å²) >= 11 is 0. The molecule has 29 heavy (non-hydrogen) atoms. The summed E-state index contributed by atoms with van der Waals surface area (Å²) in [5, 5.41) is 0. The number of H-pyrrole nitrogens is 1. The average Bonchev–Trinajstić information content (AvgIpc) is 3.05. The highest BCUT2D eigenvalue weighted by Crippen LogP contribution is 2.23. The number of nitrogens with one attached hydrogen (secondary N) is 1. The topological polar surface area (TPSA) is 65.6 Å². The molecule has 0 saturated carbocycles. The molecule has 1 aromatic heterocycles. The first-order valence-electron chi connectivity index (χ1n) is 10.4. The summed E-state index contributed by atoms with van der Waals surface area (Å²) in [6.07, 6.45) is 1.63. The first-order chi connectivity index (χ1) is 14.0. The van der Waals surface area contributed by atoms with Crippen LogP contribution in [0.15, 0.2) is 30.3 Å². The summed E-state index contributed by atoms with van der Waals surface area (Å²) in [4.78, 5) is 32.6. The zero-order chi connectivity index (χ0) is 20.8. The summed E-state index contributed by atoms with van der Waals surface area (Å²) in [5.74, 6) is 0.905. The van der Waals surface area contributed by atoms with Crippen molar-refractivity contribution in [2.75, 3.05) is 39.3 Å². The van der Waals surface area contributed by atoms with Crippen molar-refractivity contribution in [2.24, 2.45) is 0 Å². The van der Waals surface area contributed by atoms with Crippen molar-refractivity contribution in [3.63, 3.8) is 0 Å². The van der Waals surface area contributed by atoms with Crippen LogP contribution in [0.2, 0.25) is 0 Å². The lowest BCUT2D eigenvalue weighted by molar-refractivity contribution is 0.0614. The Hall–Kier alpha value is -2.60. The molecule has 6 nitrogen and oxygen atoms in total. The fraction of sp³-hybridized carbons (Fsp3) is 0.478. The Labute approximate surface area is 172 Å². The molecule has 156 valence electrons. The Kier molecular flexibility index (Phi) is 7.09. The van der Waals surface area contributed by atoms with Gasteiger partial charge in [-0.3, -0.25) is 14.5 Å². The fourth-order valence-corrected chi connectivity index (χ4v) is 3.98. The van der Waals surface area contributed by atoms with E-state index in [1.807, 2.05) is 42.2 Å². The Bertz CT molecular complexity index is 837. The smallest absolute Gasteiger partial charge is 0.270 e. The van der Waals surface area contributed by atoms with E-state index in [4.69, 9.17) is 4.74 Å². The van der Waals surface area contributed by atoms with E-state index in [0.717, 1.165) is 49.5 Å². The number of para-hydroxylation sites is 1. The van der Waals surface area contributed by atoms with Crippen molar-refractivity contribution in [2.45, 2.75) is 33.6 Å². The zero-order valence-corrected chi connectivity index (χ0v) is 17.7. The molecule has 1 fully saturated rings. The number of carbonyl (C=O) groups is 2. The number of ether oxygens (including phenoxy) is 1. The molecule has 0 bridgehead atoms. The van der Waals surface area contributed by atoms with Gasteiger partial charge in [0.15, 0.2) is 5.78 Å². The number of carbonyl (C=O) groups excluding carboxylic acids is 2. The number of ketones is 1. The Morgan fingerprint density at radius 1 is 1.10 bits per heavy atom. The van der Waals surface area contributed by atoms with Crippen molar-refractivity contribution in [3.05, 3.63) is 52.8 Å². The third-order valence-electron chi connectivity index (χ3n) is 5.44. The van der Waals surface area contributed by atoms with Crippen LogP contribution in [-0.4, -0.2) is 65.8 Å². The van der Waals surface area contributed by atoms with E-state index in [9.17, 15) is 9.59 Å². The van der Waals surface area contributed by atoms with Gasteiger partial charge in [0, 0.05) is 44.0 Å². The molecule has 0 radical (unpaired) electrons. The normalized spacial score (nSPS) is 14.8. The van der Waals surface area contributed by atoms with E-state index in [2.05, 4.69) is 16.8 Å². The second-order valence-electron chi connectivity index (χ2n) is 7.58. The number of Topliss-reactive ketones (excluding diaryl/α,β-unsaturated/α-hetero) is 1. The number of hydrogen-bond acceptors (Lipinski definition) is 4. The van der Waals surface area contributed by atoms with Gasteiger partial charge < -0.3 is 14.6 Å². The van der Waals surface area contributed by atoms with Crippen LogP contribution in [0.5, 0.6) is 5.75 Å². The maximum absolute atomic E-state index is 13.1. The van der Waals surface area contributed by atoms with E-state index < -0.39 is 0 Å². The minimum absolute atomic E-state index is 0.00392. The number of piperazine rings is 1. The molecule has 1 saturated heterocycles. The van der Waals surface area contributed by atoms with Gasteiger partial charge >= 0.3 is 0 Å². The Balaban J connectivity index is 1.56. The van der Waals surface area contributed by atoms with Crippen molar-refractivity contribution < 1.29 is 14.3 Å². The lowest BCUT2D eigenvalue weighted by Gasteiger charge is -2.34. The van der Waals surface area contributed by atoms with Crippen molar-refractivity contribution in [3.8, 4) is 5.75 Å². The third kappa shape index (κ3) is 5.07. The molecule has 3 rings (SSSR count). The number of hydrogen-bond donors (Lipinski definition) is 1. The lowest BCUT2D eigenvalue weighted by atomic mass is 10.0. The molecule has 1 N–H and O–H groups in total. The van der Waals surface area contributed by atoms with Crippen LogP contribution < -0.4 is 4.74 Å². The van der Waals surface area contributed by atoms with E-state index in [0.29, 0.717) is 31.0 Å². The highest BCUT2D eigenvalue weighted by molar-refractivity contribution is 6.02. The van der Waals surface area contributed by atoms with Gasteiger partial charge in [-0.1, -0.05) is 31.5 Å². The standard InChI is InChI=1S/C23H31N3O3/c1-4-8-20-21(18(3)27)17(2)24-22(20)23(28)26-13-11-25(12-14-26)15-16-29-19-9-6-5-7-10-19/h5-7,9-10,24H,4,8,11-16H2,1-3H3. The largest absolute Gasteiger partial charge is 0.492 e. The van der Waals surface area contributed by atoms with Crippen LogP contribution in [0.25, 0.3) is 0 Å². The zero-order valence-electron chi connectivity index (χ0n) is 17.7. The van der Waals surface area contributed by atoms with Gasteiger partial charge in [-0.25, -0.2) is 0 Å². The summed E-state index contributed by atoms with van der Waals surface area (Å²) in [6.45, 7) is 10.0. The van der Waals surface area contributed by atoms with Gasteiger partial charge in [0.1, 0.15) is 18.1 Å². The number of aromatic nitrogens is 1. The van der Waals surface area contributed by atoms with Gasteiger partial charge in [-0.15, -0.1) is 0 Å². The molecule has 6 heteroatoms. The molecule has 1 aromatic carbocycles. The second kappa shape index (κ2) is 9.74. The minimum Gasteiger partial charge on any atom is -0.492 e. The van der Waals surface area contributed by atoms with Gasteiger partial charge in [0.05, 0.1) is 0 Å². The quantitative estimate of drug-likeness (QED) is 0.694. The molecule has 0 aliphatic carbocycles. The molecule has 0 spiro atoms. The maximum atomic E-state index is 13.1. The monoisotopic (exact) mass is 397 g/mol. The Morgan fingerprint density at radius 3 is 2.41 bits per heavy atom. The number of aryl methyl sites for hydroxylation is 1. The molecule has 1 aliphatic heterocycles. The minimum atomic E-state index is 0.00392. The highest BCUT2D eigenvalue weighted by atomic mass is 16.5. The van der Waals surface area contributed by atoms with E-state index in [-0.39, 0.29) is 11.7 Å². The van der Waals surface area contributed by atoms with Crippen molar-refractivity contribution >= 4 is 11.7 Å². The van der Waals surface area contributed by atoms with E-state index in [1.54, 1.807) is 6.92 Å². The predicted octanol–water partition coefficient (Wildman–Crippen LogP) is 3.32. The first kappa shape index (κ1) is 21.1. The highest BCUT2D eigenvalue weighted by Gasteiger charge is 2.27. The number of rotatable bonds is 8. The second-order valence-corrected chi connectivity index (χ2v) is 7.58. The van der Waals surface area contributed by atoms with E-state index in [1.165, 1.54) is 0 Å². The van der Waals surface area contributed by atoms with Crippen LogP contribution in [-0.2, 0) is 6.42 Å². The third-order valence-corrected chi connectivity index (χ3v) is 5.44. The number of amides is 1. The molecular weight excluding hydrogens is 366 g/mol. The van der Waals surface area contributed by atoms with Crippen LogP contribution in [0, 0.1) is 6.92 Å². The summed E-state index contributed by atoms with van der Waals surface area (Å²) in [5.41, 5.74) is 2.95. The molecule has 2 aromatic rings. The summed E-state index contributed by atoms with van der Waals surface area (Å²) < 4.78 is 5.77. The number of nitrogens with zero attached hydrogens (tertiary/aromatic N) is 2. The van der Waals surface area contributed by atoms with Crippen molar-refractivity contribution in [1.82, 2.24) is 14.8 Å². The predicted molar refractivity (Wildman–Crippen MR) is 114 cm³/mol. The fourth-order valence-electron chi connectivity index (χ4n) is 3.98. The SMILES string of the molecule is CCCc1c(C(=O)N2CCN(CCOc3ccccc3)CC2)[nH]c(C)c1C(C)=O. The molecule has 2 heterocycles. The average molecular weight is 398 g/mol. The number of aromatic amines is 1. The Morgan fingerprint density at radius 2 is 1.79 bits per heavy atom. The van der Waals surface area contributed by atoms with Crippen LogP contribution >= 0.6 is 0 Å². The molecule has 1 amide bonds. The molecule has 0 atom stereocenters. The van der Waals surface area contributed by atoms with Crippen LogP contribution in [0.3, 0.4) is 0 Å².